The first-order valence-corrected chi connectivity index (χ1v) is 13.3. The van der Waals surface area contributed by atoms with Crippen molar-refractivity contribution in [3.63, 3.8) is 0 Å². The van der Waals surface area contributed by atoms with Gasteiger partial charge in [0.2, 0.25) is 0 Å². The Labute approximate surface area is 229 Å². The SMILES string of the molecule is CCN1C(=O)c2cccc3c(N4N=C(c5cc6ccccc6oc5=O)CC4c4ccc(C)cc4)ccc(c23)C1=O. The van der Waals surface area contributed by atoms with Crippen LogP contribution in [0.15, 0.2) is 99.2 Å². The standard InChI is InChI=1S/C33H25N3O4/c1-3-35-31(37)23-9-6-8-22-27(16-15-24(30(22)23)32(35)38)36-28(20-13-11-19(2)12-14-20)18-26(34-36)25-17-21-7-4-5-10-29(21)40-33(25)39/h4-17,28H,3,18H2,1-2H3. The third kappa shape index (κ3) is 3.58. The summed E-state index contributed by atoms with van der Waals surface area (Å²) in [5, 5.41) is 9.15. The van der Waals surface area contributed by atoms with Crippen LogP contribution in [0, 0.1) is 6.92 Å². The number of amides is 2. The molecule has 5 aromatic rings. The van der Waals surface area contributed by atoms with Crippen molar-refractivity contribution in [2.45, 2.75) is 26.3 Å². The molecule has 1 aromatic heterocycles. The largest absolute Gasteiger partial charge is 0.422 e. The molecule has 196 valence electrons. The minimum Gasteiger partial charge on any atom is -0.422 e. The van der Waals surface area contributed by atoms with E-state index in [0.29, 0.717) is 46.3 Å². The van der Waals surface area contributed by atoms with Gasteiger partial charge in [0, 0.05) is 40.3 Å². The second-order valence-electron chi connectivity index (χ2n) is 10.2. The first-order chi connectivity index (χ1) is 19.4. The van der Waals surface area contributed by atoms with Gasteiger partial charge in [0.05, 0.1) is 23.0 Å². The predicted molar refractivity (Wildman–Crippen MR) is 155 cm³/mol. The molecule has 2 aliphatic heterocycles. The lowest BCUT2D eigenvalue weighted by molar-refractivity contribution is 0.0619. The smallest absolute Gasteiger partial charge is 0.345 e. The molecule has 2 aliphatic rings. The van der Waals surface area contributed by atoms with E-state index >= 15 is 0 Å². The van der Waals surface area contributed by atoms with E-state index in [0.717, 1.165) is 27.6 Å². The highest BCUT2D eigenvalue weighted by molar-refractivity contribution is 6.27. The summed E-state index contributed by atoms with van der Waals surface area (Å²) in [5.41, 5.74) is 5.08. The van der Waals surface area contributed by atoms with Gasteiger partial charge >= 0.3 is 5.63 Å². The lowest BCUT2D eigenvalue weighted by atomic mass is 9.92. The number of fused-ring (bicyclic) bond motifs is 1. The van der Waals surface area contributed by atoms with Gasteiger partial charge in [-0.1, -0.05) is 60.2 Å². The van der Waals surface area contributed by atoms with Crippen LogP contribution in [-0.4, -0.2) is 29.0 Å². The van der Waals surface area contributed by atoms with Gasteiger partial charge in [0.25, 0.3) is 11.8 Å². The highest BCUT2D eigenvalue weighted by atomic mass is 16.4. The second-order valence-corrected chi connectivity index (χ2v) is 10.2. The van der Waals surface area contributed by atoms with E-state index in [1.165, 1.54) is 4.90 Å². The number of aryl methyl sites for hydroxylation is 1. The zero-order valence-corrected chi connectivity index (χ0v) is 22.0. The van der Waals surface area contributed by atoms with Crippen LogP contribution in [-0.2, 0) is 0 Å². The number of hydrogen-bond donors (Lipinski definition) is 0. The molecule has 1 atom stereocenters. The number of benzene rings is 4. The van der Waals surface area contributed by atoms with Gasteiger partial charge in [-0.25, -0.2) is 4.79 Å². The van der Waals surface area contributed by atoms with Gasteiger partial charge in [-0.05, 0) is 49.7 Å². The molecule has 7 rings (SSSR count). The highest BCUT2D eigenvalue weighted by Gasteiger charge is 2.36. The Kier molecular flexibility index (Phi) is 5.42. The first kappa shape index (κ1) is 24.0. The fourth-order valence-electron chi connectivity index (χ4n) is 5.82. The van der Waals surface area contributed by atoms with Crippen LogP contribution in [0.1, 0.15) is 56.8 Å². The molecular weight excluding hydrogens is 502 g/mol. The monoisotopic (exact) mass is 527 g/mol. The van der Waals surface area contributed by atoms with Crippen LogP contribution in [0.3, 0.4) is 0 Å². The van der Waals surface area contributed by atoms with E-state index in [2.05, 4.69) is 24.3 Å². The van der Waals surface area contributed by atoms with Gasteiger partial charge in [-0.15, -0.1) is 0 Å². The van der Waals surface area contributed by atoms with Crippen LogP contribution in [0.2, 0.25) is 0 Å². The lowest BCUT2D eigenvalue weighted by Crippen LogP contribution is -2.40. The molecule has 7 heteroatoms. The van der Waals surface area contributed by atoms with Gasteiger partial charge in [-0.2, -0.15) is 5.10 Å². The Morgan fingerprint density at radius 3 is 2.38 bits per heavy atom. The number of anilines is 1. The minimum absolute atomic E-state index is 0.208. The van der Waals surface area contributed by atoms with E-state index in [4.69, 9.17) is 9.52 Å². The normalized spacial score (nSPS) is 16.8. The molecule has 0 aliphatic carbocycles. The fourth-order valence-corrected chi connectivity index (χ4v) is 5.82. The van der Waals surface area contributed by atoms with E-state index in [9.17, 15) is 14.4 Å². The number of carbonyl (C=O) groups excluding carboxylic acids is 2. The van der Waals surface area contributed by atoms with Crippen molar-refractivity contribution in [1.29, 1.82) is 0 Å². The van der Waals surface area contributed by atoms with Crippen molar-refractivity contribution < 1.29 is 14.0 Å². The summed E-state index contributed by atoms with van der Waals surface area (Å²) in [6, 6.07) is 26.5. The highest BCUT2D eigenvalue weighted by Crippen LogP contribution is 2.42. The molecule has 4 aromatic carbocycles. The number of imide groups is 1. The van der Waals surface area contributed by atoms with E-state index in [-0.39, 0.29) is 17.9 Å². The maximum Gasteiger partial charge on any atom is 0.345 e. The van der Waals surface area contributed by atoms with Crippen LogP contribution >= 0.6 is 0 Å². The number of hydrazone groups is 1. The predicted octanol–water partition coefficient (Wildman–Crippen LogP) is 6.23. The molecule has 1 unspecified atom stereocenters. The van der Waals surface area contributed by atoms with Crippen molar-refractivity contribution in [1.82, 2.24) is 4.90 Å². The maximum atomic E-state index is 13.2. The van der Waals surface area contributed by atoms with E-state index in [1.54, 1.807) is 25.1 Å². The minimum atomic E-state index is -0.435. The van der Waals surface area contributed by atoms with Crippen LogP contribution in [0.4, 0.5) is 5.69 Å². The van der Waals surface area contributed by atoms with Gasteiger partial charge in [0.1, 0.15) is 5.58 Å². The molecular formula is C33H25N3O4. The summed E-state index contributed by atoms with van der Waals surface area (Å²) in [7, 11) is 0. The maximum absolute atomic E-state index is 13.2. The third-order valence-corrected chi connectivity index (χ3v) is 7.86. The Morgan fingerprint density at radius 1 is 0.850 bits per heavy atom. The quantitative estimate of drug-likeness (QED) is 0.205. The van der Waals surface area contributed by atoms with Crippen molar-refractivity contribution in [3.05, 3.63) is 123 Å². The molecule has 0 saturated carbocycles. The van der Waals surface area contributed by atoms with E-state index in [1.807, 2.05) is 54.4 Å². The lowest BCUT2D eigenvalue weighted by Gasteiger charge is -2.29. The molecule has 40 heavy (non-hydrogen) atoms. The molecule has 0 bridgehead atoms. The summed E-state index contributed by atoms with van der Waals surface area (Å²) in [6.07, 6.45) is 0.483. The molecule has 0 radical (unpaired) electrons. The fraction of sp³-hybridized carbons (Fsp3) is 0.152. The molecule has 3 heterocycles. The third-order valence-electron chi connectivity index (χ3n) is 7.86. The topological polar surface area (TPSA) is 83.2 Å². The van der Waals surface area contributed by atoms with Crippen LogP contribution in [0.5, 0.6) is 0 Å². The van der Waals surface area contributed by atoms with Crippen LogP contribution in [0.25, 0.3) is 21.7 Å². The summed E-state index contributed by atoms with van der Waals surface area (Å²) >= 11 is 0. The van der Waals surface area contributed by atoms with Gasteiger partial charge in [0.15, 0.2) is 0 Å². The molecule has 2 amide bonds. The molecule has 7 nitrogen and oxygen atoms in total. The number of carbonyl (C=O) groups is 2. The van der Waals surface area contributed by atoms with Gasteiger partial charge in [-0.3, -0.25) is 19.5 Å². The van der Waals surface area contributed by atoms with Crippen molar-refractivity contribution >= 4 is 45.0 Å². The Morgan fingerprint density at radius 2 is 1.60 bits per heavy atom. The average Bonchev–Trinajstić information content (AvgIpc) is 3.41. The zero-order chi connectivity index (χ0) is 27.5. The summed E-state index contributed by atoms with van der Waals surface area (Å²) in [5.74, 6) is -0.588. The molecule has 0 N–H and O–H groups in total. The van der Waals surface area contributed by atoms with Crippen molar-refractivity contribution in [2.75, 3.05) is 11.6 Å². The number of rotatable bonds is 4. The summed E-state index contributed by atoms with van der Waals surface area (Å²) in [6.45, 7) is 4.14. The van der Waals surface area contributed by atoms with Crippen molar-refractivity contribution in [3.8, 4) is 0 Å². The average molecular weight is 528 g/mol. The number of hydrogen-bond acceptors (Lipinski definition) is 6. The Balaban J connectivity index is 1.43. The first-order valence-electron chi connectivity index (χ1n) is 13.3. The number of nitrogens with zero attached hydrogens (tertiary/aromatic N) is 3. The molecule has 0 fully saturated rings. The second kappa shape index (κ2) is 9.02. The molecule has 0 saturated heterocycles. The van der Waals surface area contributed by atoms with E-state index < -0.39 is 5.63 Å². The summed E-state index contributed by atoms with van der Waals surface area (Å²) < 4.78 is 5.64. The summed E-state index contributed by atoms with van der Waals surface area (Å²) in [4.78, 5) is 40.8. The van der Waals surface area contributed by atoms with Crippen molar-refractivity contribution in [2.24, 2.45) is 5.10 Å². The zero-order valence-electron chi connectivity index (χ0n) is 22.0. The number of para-hydroxylation sites is 1. The van der Waals surface area contributed by atoms with Crippen LogP contribution < -0.4 is 10.6 Å². The Bertz CT molecular complexity index is 1930. The van der Waals surface area contributed by atoms with Gasteiger partial charge < -0.3 is 4.42 Å². The Hall–Kier alpha value is -5.04. The molecule has 0 spiro atoms.